The molecular formula is C15H22N2O4. The van der Waals surface area contributed by atoms with Crippen LogP contribution in [-0.2, 0) is 4.79 Å². The number of aromatic nitrogens is 1. The van der Waals surface area contributed by atoms with Gasteiger partial charge in [-0.15, -0.1) is 0 Å². The summed E-state index contributed by atoms with van der Waals surface area (Å²) in [5.41, 5.74) is 1.13. The molecule has 0 aliphatic carbocycles. The normalized spacial score (nSPS) is 22.6. The molecule has 1 saturated heterocycles. The van der Waals surface area contributed by atoms with Gasteiger partial charge in [-0.1, -0.05) is 19.0 Å². The van der Waals surface area contributed by atoms with Gasteiger partial charge in [0.15, 0.2) is 5.76 Å². The van der Waals surface area contributed by atoms with E-state index in [9.17, 15) is 9.59 Å². The molecule has 6 heteroatoms. The van der Waals surface area contributed by atoms with E-state index in [1.165, 1.54) is 0 Å². The second-order valence-corrected chi connectivity index (χ2v) is 6.07. The first-order valence-electron chi connectivity index (χ1n) is 7.32. The summed E-state index contributed by atoms with van der Waals surface area (Å²) in [6, 6.07) is -0.0957. The van der Waals surface area contributed by atoms with E-state index < -0.39 is 5.97 Å². The lowest BCUT2D eigenvalue weighted by atomic mass is 9.91. The average Bonchev–Trinajstić information content (AvgIpc) is 2.79. The molecule has 116 valence electrons. The largest absolute Gasteiger partial charge is 0.481 e. The van der Waals surface area contributed by atoms with E-state index in [4.69, 9.17) is 9.63 Å². The summed E-state index contributed by atoms with van der Waals surface area (Å²) in [6.07, 6.45) is 0.981. The third kappa shape index (κ3) is 2.94. The van der Waals surface area contributed by atoms with Crippen LogP contribution in [0.2, 0.25) is 0 Å². The summed E-state index contributed by atoms with van der Waals surface area (Å²) >= 11 is 0. The summed E-state index contributed by atoms with van der Waals surface area (Å²) < 4.78 is 5.27. The van der Waals surface area contributed by atoms with Gasteiger partial charge in [0, 0.05) is 18.5 Å². The number of aryl methyl sites for hydroxylation is 1. The molecule has 2 atom stereocenters. The van der Waals surface area contributed by atoms with E-state index in [0.717, 1.165) is 0 Å². The SMILES string of the molecule is Cc1noc(C(C)C)c1C(=O)N1CCC(C(=O)O)CC1C. The number of piperidine rings is 1. The summed E-state index contributed by atoms with van der Waals surface area (Å²) in [5, 5.41) is 13.0. The van der Waals surface area contributed by atoms with Crippen LogP contribution >= 0.6 is 0 Å². The molecule has 1 aliphatic heterocycles. The lowest BCUT2D eigenvalue weighted by Crippen LogP contribution is -2.46. The number of hydrogen-bond donors (Lipinski definition) is 1. The molecule has 1 aliphatic rings. The van der Waals surface area contributed by atoms with Gasteiger partial charge in [-0.2, -0.15) is 0 Å². The highest BCUT2D eigenvalue weighted by Crippen LogP contribution is 2.28. The predicted molar refractivity (Wildman–Crippen MR) is 76.2 cm³/mol. The van der Waals surface area contributed by atoms with E-state index in [1.807, 2.05) is 20.8 Å². The van der Waals surface area contributed by atoms with Crippen molar-refractivity contribution in [2.45, 2.75) is 52.5 Å². The molecule has 2 rings (SSSR count). The van der Waals surface area contributed by atoms with Crippen LogP contribution in [-0.4, -0.2) is 39.6 Å². The molecule has 6 nitrogen and oxygen atoms in total. The minimum Gasteiger partial charge on any atom is -0.481 e. The van der Waals surface area contributed by atoms with Crippen molar-refractivity contribution in [1.29, 1.82) is 0 Å². The summed E-state index contributed by atoms with van der Waals surface area (Å²) in [7, 11) is 0. The van der Waals surface area contributed by atoms with Crippen LogP contribution in [0.5, 0.6) is 0 Å². The Kier molecular flexibility index (Phi) is 4.34. The Morgan fingerprint density at radius 3 is 2.62 bits per heavy atom. The molecule has 0 radical (unpaired) electrons. The standard InChI is InChI=1S/C15H22N2O4/c1-8(2)13-12(10(4)16-21-13)14(18)17-6-5-11(15(19)20)7-9(17)3/h8-9,11H,5-7H2,1-4H3,(H,19,20). The van der Waals surface area contributed by atoms with Gasteiger partial charge in [0.05, 0.1) is 11.6 Å². The average molecular weight is 294 g/mol. The number of amides is 1. The fourth-order valence-electron chi connectivity index (χ4n) is 2.88. The zero-order chi connectivity index (χ0) is 15.7. The van der Waals surface area contributed by atoms with Crippen LogP contribution in [0.25, 0.3) is 0 Å². The Hall–Kier alpha value is -1.85. The maximum Gasteiger partial charge on any atom is 0.306 e. The van der Waals surface area contributed by atoms with Crippen molar-refractivity contribution in [2.24, 2.45) is 5.92 Å². The quantitative estimate of drug-likeness (QED) is 0.925. The van der Waals surface area contributed by atoms with Crippen molar-refractivity contribution >= 4 is 11.9 Å². The summed E-state index contributed by atoms with van der Waals surface area (Å²) in [5.74, 6) is -0.564. The van der Waals surface area contributed by atoms with Gasteiger partial charge < -0.3 is 14.5 Å². The first-order valence-corrected chi connectivity index (χ1v) is 7.32. The molecule has 21 heavy (non-hydrogen) atoms. The van der Waals surface area contributed by atoms with Crippen molar-refractivity contribution in [1.82, 2.24) is 10.1 Å². The maximum absolute atomic E-state index is 12.8. The number of carbonyl (C=O) groups is 2. The van der Waals surface area contributed by atoms with Crippen LogP contribution in [0.3, 0.4) is 0 Å². The van der Waals surface area contributed by atoms with E-state index in [-0.39, 0.29) is 23.8 Å². The minimum atomic E-state index is -0.780. The molecule has 0 saturated carbocycles. The molecule has 0 spiro atoms. The molecule has 2 unspecified atom stereocenters. The van der Waals surface area contributed by atoms with Crippen LogP contribution in [0.15, 0.2) is 4.52 Å². The monoisotopic (exact) mass is 294 g/mol. The van der Waals surface area contributed by atoms with Crippen LogP contribution in [0.1, 0.15) is 61.3 Å². The predicted octanol–water partition coefficient (Wildman–Crippen LogP) is 2.43. The van der Waals surface area contributed by atoms with Gasteiger partial charge in [-0.05, 0) is 26.7 Å². The zero-order valence-electron chi connectivity index (χ0n) is 12.9. The third-order valence-electron chi connectivity index (χ3n) is 4.11. The highest BCUT2D eigenvalue weighted by molar-refractivity contribution is 5.96. The number of rotatable bonds is 3. The molecule has 1 fully saturated rings. The fourth-order valence-corrected chi connectivity index (χ4v) is 2.88. The Morgan fingerprint density at radius 2 is 2.10 bits per heavy atom. The summed E-state index contributed by atoms with van der Waals surface area (Å²) in [6.45, 7) is 8.02. The molecule has 1 amide bonds. The van der Waals surface area contributed by atoms with Gasteiger partial charge in [-0.3, -0.25) is 9.59 Å². The maximum atomic E-state index is 12.8. The van der Waals surface area contributed by atoms with Crippen molar-refractivity contribution < 1.29 is 19.2 Å². The second kappa shape index (κ2) is 5.87. The van der Waals surface area contributed by atoms with Gasteiger partial charge >= 0.3 is 5.97 Å². The molecule has 0 bridgehead atoms. The topological polar surface area (TPSA) is 83.6 Å². The van der Waals surface area contributed by atoms with Crippen LogP contribution in [0, 0.1) is 12.8 Å². The van der Waals surface area contributed by atoms with Gasteiger partial charge in [0.1, 0.15) is 5.56 Å². The van der Waals surface area contributed by atoms with Crippen LogP contribution < -0.4 is 0 Å². The Balaban J connectivity index is 2.22. The van der Waals surface area contributed by atoms with Crippen LogP contribution in [0.4, 0.5) is 0 Å². The number of carboxylic acids is 1. The molecule has 2 heterocycles. The van der Waals surface area contributed by atoms with E-state index in [1.54, 1.807) is 11.8 Å². The Labute approximate surface area is 124 Å². The number of nitrogens with zero attached hydrogens (tertiary/aromatic N) is 2. The second-order valence-electron chi connectivity index (χ2n) is 6.07. The Morgan fingerprint density at radius 1 is 1.43 bits per heavy atom. The lowest BCUT2D eigenvalue weighted by molar-refractivity contribution is -0.143. The zero-order valence-corrected chi connectivity index (χ0v) is 12.9. The number of aliphatic carboxylic acids is 1. The van der Waals surface area contributed by atoms with Crippen molar-refractivity contribution in [3.63, 3.8) is 0 Å². The minimum absolute atomic E-state index is 0.0806. The molecular weight excluding hydrogens is 272 g/mol. The van der Waals surface area contributed by atoms with Crippen molar-refractivity contribution in [3.05, 3.63) is 17.0 Å². The third-order valence-corrected chi connectivity index (χ3v) is 4.11. The lowest BCUT2D eigenvalue weighted by Gasteiger charge is -2.36. The number of likely N-dealkylation sites (tertiary alicyclic amines) is 1. The van der Waals surface area contributed by atoms with Gasteiger partial charge in [0.25, 0.3) is 5.91 Å². The molecule has 1 aromatic rings. The summed E-state index contributed by atoms with van der Waals surface area (Å²) in [4.78, 5) is 25.6. The fraction of sp³-hybridized carbons (Fsp3) is 0.667. The van der Waals surface area contributed by atoms with Crippen molar-refractivity contribution in [3.8, 4) is 0 Å². The first kappa shape index (κ1) is 15.5. The molecule has 1 aromatic heterocycles. The highest BCUT2D eigenvalue weighted by Gasteiger charge is 2.35. The molecule has 1 N–H and O–H groups in total. The van der Waals surface area contributed by atoms with Crippen molar-refractivity contribution in [2.75, 3.05) is 6.54 Å². The number of carboxylic acid groups (broad SMARTS) is 1. The Bertz CT molecular complexity index is 550. The molecule has 0 aromatic carbocycles. The van der Waals surface area contributed by atoms with Gasteiger partial charge in [0.2, 0.25) is 0 Å². The smallest absolute Gasteiger partial charge is 0.306 e. The van der Waals surface area contributed by atoms with E-state index in [0.29, 0.717) is 36.4 Å². The first-order chi connectivity index (χ1) is 9.82. The van der Waals surface area contributed by atoms with E-state index >= 15 is 0 Å². The number of carbonyl (C=O) groups excluding carboxylic acids is 1. The van der Waals surface area contributed by atoms with Gasteiger partial charge in [-0.25, -0.2) is 0 Å². The number of hydrogen-bond acceptors (Lipinski definition) is 4. The highest BCUT2D eigenvalue weighted by atomic mass is 16.5. The van der Waals surface area contributed by atoms with E-state index in [2.05, 4.69) is 5.16 Å².